The van der Waals surface area contributed by atoms with Gasteiger partial charge in [0.15, 0.2) is 6.23 Å². The van der Waals surface area contributed by atoms with E-state index in [-0.39, 0.29) is 42.5 Å². The number of alkyl halides is 1. The van der Waals surface area contributed by atoms with Crippen molar-refractivity contribution in [1.82, 2.24) is 15.2 Å². The number of piperidine rings is 1. The van der Waals surface area contributed by atoms with E-state index in [2.05, 4.69) is 10.3 Å². The van der Waals surface area contributed by atoms with Crippen molar-refractivity contribution in [3.8, 4) is 6.07 Å². The standard InChI is InChI=1S/C23H24F2N4O3/c1-2-23(32,22(25)5-7-27-8-6-22)15-9-17-19(18(24)10-15)21(31)29(20(17)30)13-16-4-3-14(11-26)12-28-16/h3-4,9-10,12,21,27,31-32H,2,5-8,13H2,1H3/t21-,23?/m1/s1. The number of hydrogen-bond donors (Lipinski definition) is 3. The third-order valence-corrected chi connectivity index (χ3v) is 6.59. The summed E-state index contributed by atoms with van der Waals surface area (Å²) in [6.45, 7) is 2.28. The average molecular weight is 442 g/mol. The second kappa shape index (κ2) is 8.20. The molecule has 0 spiro atoms. The molecular formula is C23H24F2N4O3. The molecule has 2 aromatic rings. The number of pyridine rings is 1. The summed E-state index contributed by atoms with van der Waals surface area (Å²) >= 11 is 0. The van der Waals surface area contributed by atoms with Crippen LogP contribution in [0.2, 0.25) is 0 Å². The van der Waals surface area contributed by atoms with E-state index >= 15 is 8.78 Å². The zero-order valence-corrected chi connectivity index (χ0v) is 17.6. The molecule has 0 saturated carbocycles. The lowest BCUT2D eigenvalue weighted by molar-refractivity contribution is -0.127. The number of aliphatic hydroxyl groups excluding tert-OH is 1. The van der Waals surface area contributed by atoms with Crippen LogP contribution in [0.1, 0.15) is 65.2 Å². The minimum atomic E-state index is -1.97. The minimum absolute atomic E-state index is 0.00263. The highest BCUT2D eigenvalue weighted by atomic mass is 19.1. The lowest BCUT2D eigenvalue weighted by Gasteiger charge is -2.44. The first-order valence-corrected chi connectivity index (χ1v) is 10.5. The van der Waals surface area contributed by atoms with Crippen LogP contribution in [0.25, 0.3) is 0 Å². The summed E-state index contributed by atoms with van der Waals surface area (Å²) in [6.07, 6.45) is -0.0874. The van der Waals surface area contributed by atoms with Gasteiger partial charge >= 0.3 is 0 Å². The third-order valence-electron chi connectivity index (χ3n) is 6.59. The van der Waals surface area contributed by atoms with Crippen LogP contribution in [0, 0.1) is 17.1 Å². The van der Waals surface area contributed by atoms with Gasteiger partial charge < -0.3 is 20.4 Å². The van der Waals surface area contributed by atoms with Crippen LogP contribution in [0.4, 0.5) is 8.78 Å². The number of nitrogens with one attached hydrogen (secondary N) is 1. The van der Waals surface area contributed by atoms with Gasteiger partial charge in [0.25, 0.3) is 5.91 Å². The van der Waals surface area contributed by atoms with Crippen LogP contribution in [0.5, 0.6) is 0 Å². The van der Waals surface area contributed by atoms with E-state index in [1.807, 2.05) is 6.07 Å². The number of hydrogen-bond acceptors (Lipinski definition) is 6. The van der Waals surface area contributed by atoms with E-state index in [4.69, 9.17) is 5.26 Å². The quantitative estimate of drug-likeness (QED) is 0.656. The molecule has 1 aromatic heterocycles. The Balaban J connectivity index is 1.69. The molecule has 2 aliphatic heterocycles. The maximum atomic E-state index is 15.8. The number of amides is 1. The molecule has 168 valence electrons. The number of carbonyl (C=O) groups is 1. The third kappa shape index (κ3) is 3.45. The molecule has 2 atom stereocenters. The van der Waals surface area contributed by atoms with Gasteiger partial charge in [-0.05, 0) is 62.2 Å². The van der Waals surface area contributed by atoms with Gasteiger partial charge in [0.1, 0.15) is 23.2 Å². The van der Waals surface area contributed by atoms with Gasteiger partial charge in [0, 0.05) is 11.8 Å². The van der Waals surface area contributed by atoms with Crippen molar-refractivity contribution < 1.29 is 23.8 Å². The molecule has 1 saturated heterocycles. The summed E-state index contributed by atoms with van der Waals surface area (Å²) in [5.74, 6) is -1.52. The van der Waals surface area contributed by atoms with Gasteiger partial charge in [-0.25, -0.2) is 8.78 Å². The lowest BCUT2D eigenvalue weighted by Crippen LogP contribution is -2.53. The summed E-state index contributed by atoms with van der Waals surface area (Å²) in [5, 5.41) is 33.9. The van der Waals surface area contributed by atoms with Crippen molar-refractivity contribution in [2.45, 2.75) is 50.2 Å². The predicted octanol–water partition coefficient (Wildman–Crippen LogP) is 2.43. The van der Waals surface area contributed by atoms with Gasteiger partial charge in [-0.3, -0.25) is 9.78 Å². The maximum absolute atomic E-state index is 15.8. The first-order chi connectivity index (χ1) is 15.2. The van der Waals surface area contributed by atoms with E-state index < -0.39 is 29.2 Å². The molecule has 32 heavy (non-hydrogen) atoms. The van der Waals surface area contributed by atoms with Crippen molar-refractivity contribution in [2.75, 3.05) is 13.1 Å². The van der Waals surface area contributed by atoms with E-state index in [0.29, 0.717) is 24.3 Å². The van der Waals surface area contributed by atoms with Crippen molar-refractivity contribution in [3.05, 3.63) is 64.2 Å². The Morgan fingerprint density at radius 1 is 1.38 bits per heavy atom. The maximum Gasteiger partial charge on any atom is 0.257 e. The molecule has 7 nitrogen and oxygen atoms in total. The normalized spacial score (nSPS) is 21.7. The van der Waals surface area contributed by atoms with Crippen LogP contribution in [0.15, 0.2) is 30.5 Å². The SMILES string of the molecule is CCC(O)(c1cc(F)c2c(c1)C(=O)N(Cc1ccc(C#N)cn1)[C@@H]2O)C1(F)CCNCC1. The number of fused-ring (bicyclic) bond motifs is 1. The van der Waals surface area contributed by atoms with Gasteiger partial charge in [-0.1, -0.05) is 6.92 Å². The zero-order chi connectivity index (χ0) is 23.1. The monoisotopic (exact) mass is 442 g/mol. The fraction of sp³-hybridized carbons (Fsp3) is 0.435. The zero-order valence-electron chi connectivity index (χ0n) is 17.6. The molecule has 3 N–H and O–H groups in total. The molecule has 1 fully saturated rings. The highest BCUT2D eigenvalue weighted by Crippen LogP contribution is 2.46. The van der Waals surface area contributed by atoms with Gasteiger partial charge in [-0.15, -0.1) is 0 Å². The second-order valence-electron chi connectivity index (χ2n) is 8.31. The lowest BCUT2D eigenvalue weighted by atomic mass is 9.71. The molecule has 1 aromatic carbocycles. The molecule has 1 amide bonds. The Morgan fingerprint density at radius 2 is 2.09 bits per heavy atom. The molecule has 0 bridgehead atoms. The Labute approximate surface area is 184 Å². The van der Waals surface area contributed by atoms with Crippen molar-refractivity contribution in [1.29, 1.82) is 5.26 Å². The molecular weight excluding hydrogens is 418 g/mol. The predicted molar refractivity (Wildman–Crippen MR) is 110 cm³/mol. The fourth-order valence-electron chi connectivity index (χ4n) is 4.65. The van der Waals surface area contributed by atoms with E-state index in [1.165, 1.54) is 18.3 Å². The highest BCUT2D eigenvalue weighted by molar-refractivity contribution is 5.99. The topological polar surface area (TPSA) is 109 Å². The van der Waals surface area contributed by atoms with Crippen LogP contribution in [0.3, 0.4) is 0 Å². The molecule has 3 heterocycles. The summed E-state index contributed by atoms with van der Waals surface area (Å²) in [7, 11) is 0. The second-order valence-corrected chi connectivity index (χ2v) is 8.31. The number of benzene rings is 1. The van der Waals surface area contributed by atoms with Gasteiger partial charge in [0.2, 0.25) is 0 Å². The van der Waals surface area contributed by atoms with Gasteiger partial charge in [-0.2, -0.15) is 5.26 Å². The molecule has 0 radical (unpaired) electrons. The Hall–Kier alpha value is -2.93. The molecule has 2 aliphatic rings. The smallest absolute Gasteiger partial charge is 0.257 e. The Kier molecular flexibility index (Phi) is 5.71. The van der Waals surface area contributed by atoms with Crippen LogP contribution in [-0.4, -0.2) is 44.8 Å². The Morgan fingerprint density at radius 3 is 2.69 bits per heavy atom. The van der Waals surface area contributed by atoms with Crippen molar-refractivity contribution >= 4 is 5.91 Å². The Bertz CT molecular complexity index is 1080. The first kappa shape index (κ1) is 22.3. The number of nitriles is 1. The average Bonchev–Trinajstić information content (AvgIpc) is 3.04. The summed E-state index contributed by atoms with van der Waals surface area (Å²) < 4.78 is 30.9. The number of nitrogens with zero attached hydrogens (tertiary/aromatic N) is 3. The highest BCUT2D eigenvalue weighted by Gasteiger charge is 2.52. The molecule has 9 heteroatoms. The number of aromatic nitrogens is 1. The van der Waals surface area contributed by atoms with E-state index in [0.717, 1.165) is 11.0 Å². The summed E-state index contributed by atoms with van der Waals surface area (Å²) in [6, 6.07) is 7.33. The fourth-order valence-corrected chi connectivity index (χ4v) is 4.65. The van der Waals surface area contributed by atoms with Crippen LogP contribution >= 0.6 is 0 Å². The summed E-state index contributed by atoms with van der Waals surface area (Å²) in [4.78, 5) is 18.2. The molecule has 0 aliphatic carbocycles. The minimum Gasteiger partial charge on any atom is -0.382 e. The molecule has 1 unspecified atom stereocenters. The van der Waals surface area contributed by atoms with Crippen molar-refractivity contribution in [2.24, 2.45) is 0 Å². The van der Waals surface area contributed by atoms with Crippen LogP contribution in [-0.2, 0) is 12.1 Å². The summed E-state index contributed by atoms with van der Waals surface area (Å²) in [5.41, 5.74) is -3.52. The van der Waals surface area contributed by atoms with Crippen LogP contribution < -0.4 is 5.32 Å². The molecule has 4 rings (SSSR count). The van der Waals surface area contributed by atoms with E-state index in [1.54, 1.807) is 13.0 Å². The number of rotatable bonds is 5. The van der Waals surface area contributed by atoms with Crippen molar-refractivity contribution in [3.63, 3.8) is 0 Å². The van der Waals surface area contributed by atoms with Gasteiger partial charge in [0.05, 0.1) is 23.4 Å². The largest absolute Gasteiger partial charge is 0.382 e. The van der Waals surface area contributed by atoms with E-state index in [9.17, 15) is 15.0 Å². The first-order valence-electron chi connectivity index (χ1n) is 10.5. The number of aliphatic hydroxyl groups is 2. The number of carbonyl (C=O) groups excluding carboxylic acids is 1. The number of halogens is 2.